The standard InChI is InChI=1S/C11H15F3N2S/c12-11(13,14)8-3-1-2-4-9(8)16-7-10-15-5-6-17-10/h5-6,8-9,16H,1-4,7H2. The molecule has 1 N–H and O–H groups in total. The molecule has 0 radical (unpaired) electrons. The summed E-state index contributed by atoms with van der Waals surface area (Å²) in [6.45, 7) is 0.439. The highest BCUT2D eigenvalue weighted by Crippen LogP contribution is 2.37. The van der Waals surface area contributed by atoms with Gasteiger partial charge in [-0.1, -0.05) is 12.8 Å². The Balaban J connectivity index is 1.92. The molecule has 1 aromatic rings. The van der Waals surface area contributed by atoms with Crippen molar-refractivity contribution >= 4 is 11.3 Å². The van der Waals surface area contributed by atoms with Crippen LogP contribution in [0.4, 0.5) is 13.2 Å². The zero-order chi connectivity index (χ0) is 12.3. The predicted octanol–water partition coefficient (Wildman–Crippen LogP) is 3.35. The van der Waals surface area contributed by atoms with Crippen LogP contribution in [0.5, 0.6) is 0 Å². The molecule has 0 bridgehead atoms. The van der Waals surface area contributed by atoms with Crippen molar-refractivity contribution in [1.29, 1.82) is 0 Å². The minimum atomic E-state index is -4.08. The molecule has 0 aliphatic heterocycles. The third-order valence-corrected chi connectivity index (χ3v) is 3.96. The van der Waals surface area contributed by atoms with Crippen molar-refractivity contribution in [3.8, 4) is 0 Å². The lowest BCUT2D eigenvalue weighted by atomic mass is 9.84. The Kier molecular flexibility index (Phi) is 4.04. The first kappa shape index (κ1) is 12.8. The number of nitrogens with zero attached hydrogens (tertiary/aromatic N) is 1. The van der Waals surface area contributed by atoms with Crippen LogP contribution in [0.3, 0.4) is 0 Å². The van der Waals surface area contributed by atoms with E-state index in [1.807, 2.05) is 5.38 Å². The highest BCUT2D eigenvalue weighted by atomic mass is 32.1. The Hall–Kier alpha value is -0.620. The van der Waals surface area contributed by atoms with E-state index in [4.69, 9.17) is 0 Å². The van der Waals surface area contributed by atoms with Gasteiger partial charge in [0, 0.05) is 24.2 Å². The van der Waals surface area contributed by atoms with Crippen LogP contribution in [0.15, 0.2) is 11.6 Å². The van der Waals surface area contributed by atoms with E-state index in [1.165, 1.54) is 11.3 Å². The molecular weight excluding hydrogens is 249 g/mol. The summed E-state index contributed by atoms with van der Waals surface area (Å²) in [6, 6.07) is -0.451. The Morgan fingerprint density at radius 1 is 1.35 bits per heavy atom. The molecule has 2 atom stereocenters. The van der Waals surface area contributed by atoms with Gasteiger partial charge in [0.25, 0.3) is 0 Å². The van der Waals surface area contributed by atoms with Crippen LogP contribution in [-0.2, 0) is 6.54 Å². The van der Waals surface area contributed by atoms with Crippen molar-refractivity contribution in [2.45, 2.75) is 44.4 Å². The van der Waals surface area contributed by atoms with E-state index in [1.54, 1.807) is 6.20 Å². The van der Waals surface area contributed by atoms with Crippen LogP contribution in [0.2, 0.25) is 0 Å². The molecule has 1 aliphatic rings. The summed E-state index contributed by atoms with van der Waals surface area (Å²) in [5, 5.41) is 5.68. The van der Waals surface area contributed by atoms with Crippen LogP contribution in [0.1, 0.15) is 30.7 Å². The highest BCUT2D eigenvalue weighted by Gasteiger charge is 2.45. The van der Waals surface area contributed by atoms with Gasteiger partial charge in [0.2, 0.25) is 0 Å². The Morgan fingerprint density at radius 2 is 2.12 bits per heavy atom. The average molecular weight is 264 g/mol. The molecular formula is C11H15F3N2S. The second kappa shape index (κ2) is 5.35. The fourth-order valence-electron chi connectivity index (χ4n) is 2.33. The van der Waals surface area contributed by atoms with Crippen molar-refractivity contribution in [2.24, 2.45) is 5.92 Å². The molecule has 0 saturated heterocycles. The van der Waals surface area contributed by atoms with Gasteiger partial charge in [-0.3, -0.25) is 0 Å². The lowest BCUT2D eigenvalue weighted by molar-refractivity contribution is -0.189. The number of aromatic nitrogens is 1. The molecule has 1 heterocycles. The smallest absolute Gasteiger partial charge is 0.307 e. The van der Waals surface area contributed by atoms with Crippen LogP contribution in [0.25, 0.3) is 0 Å². The van der Waals surface area contributed by atoms with E-state index >= 15 is 0 Å². The number of hydrogen-bond acceptors (Lipinski definition) is 3. The number of halogens is 3. The molecule has 1 aliphatic carbocycles. The summed E-state index contributed by atoms with van der Waals surface area (Å²) in [6.07, 6.45) is 0.00106. The van der Waals surface area contributed by atoms with Gasteiger partial charge < -0.3 is 5.32 Å². The van der Waals surface area contributed by atoms with Gasteiger partial charge in [-0.2, -0.15) is 13.2 Å². The summed E-state index contributed by atoms with van der Waals surface area (Å²) in [4.78, 5) is 4.06. The van der Waals surface area contributed by atoms with Gasteiger partial charge >= 0.3 is 6.18 Å². The van der Waals surface area contributed by atoms with Crippen molar-refractivity contribution in [2.75, 3.05) is 0 Å². The van der Waals surface area contributed by atoms with E-state index in [2.05, 4.69) is 10.3 Å². The average Bonchev–Trinajstić information content (AvgIpc) is 2.78. The van der Waals surface area contributed by atoms with E-state index < -0.39 is 18.1 Å². The summed E-state index contributed by atoms with van der Waals surface area (Å²) >= 11 is 1.47. The van der Waals surface area contributed by atoms with Gasteiger partial charge in [0.05, 0.1) is 5.92 Å². The fourth-order valence-corrected chi connectivity index (χ4v) is 2.89. The molecule has 2 nitrogen and oxygen atoms in total. The molecule has 0 spiro atoms. The fraction of sp³-hybridized carbons (Fsp3) is 0.727. The van der Waals surface area contributed by atoms with Gasteiger partial charge in [-0.05, 0) is 12.8 Å². The summed E-state index contributed by atoms with van der Waals surface area (Å²) in [5.41, 5.74) is 0. The third kappa shape index (κ3) is 3.42. The lowest BCUT2D eigenvalue weighted by Gasteiger charge is -2.33. The minimum Gasteiger partial charge on any atom is -0.307 e. The van der Waals surface area contributed by atoms with Crippen LogP contribution in [0, 0.1) is 5.92 Å². The van der Waals surface area contributed by atoms with Crippen LogP contribution in [-0.4, -0.2) is 17.2 Å². The second-order valence-corrected chi connectivity index (χ2v) is 5.32. The lowest BCUT2D eigenvalue weighted by Crippen LogP contribution is -2.45. The minimum absolute atomic E-state index is 0.249. The maximum Gasteiger partial charge on any atom is 0.393 e. The molecule has 0 amide bonds. The SMILES string of the molecule is FC(F)(F)C1CCCCC1NCc1nccs1. The largest absolute Gasteiger partial charge is 0.393 e. The zero-order valence-electron chi connectivity index (χ0n) is 9.33. The number of hydrogen-bond donors (Lipinski definition) is 1. The van der Waals surface area contributed by atoms with Gasteiger partial charge in [-0.25, -0.2) is 4.98 Å². The Morgan fingerprint density at radius 3 is 2.76 bits per heavy atom. The summed E-state index contributed by atoms with van der Waals surface area (Å²) in [7, 11) is 0. The molecule has 2 unspecified atom stereocenters. The monoisotopic (exact) mass is 264 g/mol. The van der Waals surface area contributed by atoms with E-state index in [9.17, 15) is 13.2 Å². The quantitative estimate of drug-likeness (QED) is 0.905. The second-order valence-electron chi connectivity index (χ2n) is 4.35. The number of alkyl halides is 3. The van der Waals surface area contributed by atoms with E-state index in [0.717, 1.165) is 11.4 Å². The molecule has 1 fully saturated rings. The van der Waals surface area contributed by atoms with Crippen molar-refractivity contribution in [3.05, 3.63) is 16.6 Å². The Labute approximate surface area is 102 Å². The maximum atomic E-state index is 12.8. The van der Waals surface area contributed by atoms with Crippen molar-refractivity contribution < 1.29 is 13.2 Å². The summed E-state index contributed by atoms with van der Waals surface area (Å²) < 4.78 is 38.4. The van der Waals surface area contributed by atoms with Gasteiger partial charge in [-0.15, -0.1) is 11.3 Å². The molecule has 0 aromatic carbocycles. The molecule has 1 saturated carbocycles. The topological polar surface area (TPSA) is 24.9 Å². The third-order valence-electron chi connectivity index (χ3n) is 3.19. The maximum absolute atomic E-state index is 12.8. The van der Waals surface area contributed by atoms with Crippen LogP contribution >= 0.6 is 11.3 Å². The van der Waals surface area contributed by atoms with Crippen molar-refractivity contribution in [3.63, 3.8) is 0 Å². The summed E-state index contributed by atoms with van der Waals surface area (Å²) in [5.74, 6) is -1.20. The molecule has 1 aromatic heterocycles. The first-order chi connectivity index (χ1) is 8.07. The normalized spacial score (nSPS) is 26.1. The molecule has 2 rings (SSSR count). The number of nitrogens with one attached hydrogen (secondary N) is 1. The molecule has 17 heavy (non-hydrogen) atoms. The zero-order valence-corrected chi connectivity index (χ0v) is 10.2. The molecule has 6 heteroatoms. The Bertz CT molecular complexity index is 337. The first-order valence-corrected chi connectivity index (χ1v) is 6.64. The molecule has 96 valence electrons. The predicted molar refractivity (Wildman–Crippen MR) is 60.8 cm³/mol. The first-order valence-electron chi connectivity index (χ1n) is 5.76. The highest BCUT2D eigenvalue weighted by molar-refractivity contribution is 7.09. The van der Waals surface area contributed by atoms with E-state index in [0.29, 0.717) is 19.4 Å². The van der Waals surface area contributed by atoms with Crippen LogP contribution < -0.4 is 5.32 Å². The number of thiazole rings is 1. The van der Waals surface area contributed by atoms with E-state index in [-0.39, 0.29) is 6.42 Å². The number of rotatable bonds is 3. The van der Waals surface area contributed by atoms with Gasteiger partial charge in [0.1, 0.15) is 5.01 Å². The van der Waals surface area contributed by atoms with Gasteiger partial charge in [0.15, 0.2) is 0 Å². The van der Waals surface area contributed by atoms with Crippen molar-refractivity contribution in [1.82, 2.24) is 10.3 Å².